The first-order chi connectivity index (χ1) is 13.8. The second-order valence-electron chi connectivity index (χ2n) is 6.28. The number of benzene rings is 2. The smallest absolute Gasteiger partial charge is 0.259 e. The SMILES string of the molecule is Cc1onc(-c2ccccc2Cl)c1C(=O)N(C)CC(=O)Nc1ccc(Cl)c(Cl)c1. The van der Waals surface area contributed by atoms with E-state index in [4.69, 9.17) is 39.3 Å². The molecule has 9 heteroatoms. The van der Waals surface area contributed by atoms with Gasteiger partial charge in [0.25, 0.3) is 5.91 Å². The third-order valence-corrected chi connectivity index (χ3v) is 5.21. The highest BCUT2D eigenvalue weighted by atomic mass is 35.5. The summed E-state index contributed by atoms with van der Waals surface area (Å²) in [5.41, 5.74) is 1.63. The quantitative estimate of drug-likeness (QED) is 0.568. The van der Waals surface area contributed by atoms with E-state index in [1.807, 2.05) is 0 Å². The van der Waals surface area contributed by atoms with Crippen LogP contribution in [-0.4, -0.2) is 35.5 Å². The zero-order valence-electron chi connectivity index (χ0n) is 15.5. The van der Waals surface area contributed by atoms with Crippen LogP contribution in [0.2, 0.25) is 15.1 Å². The number of nitrogens with one attached hydrogen (secondary N) is 1. The number of carbonyl (C=O) groups excluding carboxylic acids is 2. The first-order valence-electron chi connectivity index (χ1n) is 8.49. The van der Waals surface area contributed by atoms with E-state index in [2.05, 4.69) is 10.5 Å². The van der Waals surface area contributed by atoms with E-state index >= 15 is 0 Å². The van der Waals surface area contributed by atoms with Gasteiger partial charge in [0.05, 0.1) is 21.6 Å². The molecule has 0 saturated carbocycles. The fraction of sp³-hybridized carbons (Fsp3) is 0.150. The molecule has 0 aliphatic rings. The lowest BCUT2D eigenvalue weighted by Crippen LogP contribution is -2.35. The highest BCUT2D eigenvalue weighted by Gasteiger charge is 2.26. The molecule has 0 bridgehead atoms. The molecule has 29 heavy (non-hydrogen) atoms. The summed E-state index contributed by atoms with van der Waals surface area (Å²) >= 11 is 18.1. The highest BCUT2D eigenvalue weighted by Crippen LogP contribution is 2.31. The molecular formula is C20H16Cl3N3O3. The Hall–Kier alpha value is -2.54. The van der Waals surface area contributed by atoms with E-state index in [1.54, 1.807) is 43.3 Å². The molecule has 1 heterocycles. The number of anilines is 1. The predicted molar refractivity (Wildman–Crippen MR) is 114 cm³/mol. The Bertz CT molecular complexity index is 1080. The number of rotatable bonds is 5. The van der Waals surface area contributed by atoms with Gasteiger partial charge in [-0.3, -0.25) is 9.59 Å². The van der Waals surface area contributed by atoms with Gasteiger partial charge < -0.3 is 14.7 Å². The number of aromatic nitrogens is 1. The molecule has 0 aliphatic carbocycles. The third-order valence-electron chi connectivity index (χ3n) is 4.14. The molecule has 0 saturated heterocycles. The lowest BCUT2D eigenvalue weighted by molar-refractivity contribution is -0.116. The standard InChI is InChI=1S/C20H16Cl3N3O3/c1-11-18(19(25-29-11)13-5-3-4-6-14(13)21)20(28)26(2)10-17(27)24-12-7-8-15(22)16(23)9-12/h3-9H,10H2,1-2H3,(H,24,27). The minimum atomic E-state index is -0.414. The molecule has 0 spiro atoms. The summed E-state index contributed by atoms with van der Waals surface area (Å²) in [5.74, 6) is -0.475. The van der Waals surface area contributed by atoms with Crippen LogP contribution in [0.25, 0.3) is 11.3 Å². The normalized spacial score (nSPS) is 10.7. The van der Waals surface area contributed by atoms with Crippen LogP contribution >= 0.6 is 34.8 Å². The zero-order chi connectivity index (χ0) is 21.1. The number of hydrogen-bond donors (Lipinski definition) is 1. The Morgan fingerprint density at radius 3 is 2.48 bits per heavy atom. The second-order valence-corrected chi connectivity index (χ2v) is 7.50. The minimum absolute atomic E-state index is 0.189. The van der Waals surface area contributed by atoms with Crippen molar-refractivity contribution in [3.63, 3.8) is 0 Å². The van der Waals surface area contributed by atoms with Crippen LogP contribution < -0.4 is 5.32 Å². The number of hydrogen-bond acceptors (Lipinski definition) is 4. The first-order valence-corrected chi connectivity index (χ1v) is 9.63. The fourth-order valence-electron chi connectivity index (χ4n) is 2.71. The predicted octanol–water partition coefficient (Wildman–Crippen LogP) is 5.32. The molecule has 3 rings (SSSR count). The Kier molecular flexibility index (Phi) is 6.47. The van der Waals surface area contributed by atoms with Crippen molar-refractivity contribution in [3.05, 3.63) is 68.9 Å². The molecule has 0 fully saturated rings. The second kappa shape index (κ2) is 8.86. The number of amides is 2. The summed E-state index contributed by atoms with van der Waals surface area (Å²) in [7, 11) is 1.51. The van der Waals surface area contributed by atoms with E-state index in [1.165, 1.54) is 18.0 Å². The fourth-order valence-corrected chi connectivity index (χ4v) is 3.24. The molecule has 0 unspecified atom stereocenters. The summed E-state index contributed by atoms with van der Waals surface area (Å²) in [6.45, 7) is 1.44. The lowest BCUT2D eigenvalue weighted by Gasteiger charge is -2.17. The van der Waals surface area contributed by atoms with Gasteiger partial charge in [-0.05, 0) is 31.2 Å². The van der Waals surface area contributed by atoms with Crippen molar-refractivity contribution in [3.8, 4) is 11.3 Å². The molecule has 0 aliphatic heterocycles. The van der Waals surface area contributed by atoms with Crippen molar-refractivity contribution >= 4 is 52.3 Å². The summed E-state index contributed by atoms with van der Waals surface area (Å²) in [6, 6.07) is 11.7. The minimum Gasteiger partial charge on any atom is -0.360 e. The van der Waals surface area contributed by atoms with Crippen molar-refractivity contribution < 1.29 is 14.1 Å². The van der Waals surface area contributed by atoms with Gasteiger partial charge in [-0.1, -0.05) is 58.2 Å². The van der Waals surface area contributed by atoms with Gasteiger partial charge in [0.1, 0.15) is 17.0 Å². The Labute approximate surface area is 182 Å². The lowest BCUT2D eigenvalue weighted by atomic mass is 10.1. The molecule has 1 aromatic heterocycles. The average Bonchev–Trinajstić information content (AvgIpc) is 3.05. The van der Waals surface area contributed by atoms with Gasteiger partial charge in [-0.15, -0.1) is 0 Å². The molecule has 6 nitrogen and oxygen atoms in total. The third kappa shape index (κ3) is 4.72. The maximum atomic E-state index is 13.0. The van der Waals surface area contributed by atoms with Crippen LogP contribution in [0.5, 0.6) is 0 Å². The number of nitrogens with zero attached hydrogens (tertiary/aromatic N) is 2. The molecular weight excluding hydrogens is 437 g/mol. The largest absolute Gasteiger partial charge is 0.360 e. The number of halogens is 3. The molecule has 2 aromatic carbocycles. The number of aryl methyl sites for hydroxylation is 1. The topological polar surface area (TPSA) is 75.4 Å². The van der Waals surface area contributed by atoms with Crippen LogP contribution in [0, 0.1) is 6.92 Å². The van der Waals surface area contributed by atoms with Crippen LogP contribution in [0.4, 0.5) is 5.69 Å². The molecule has 2 amide bonds. The van der Waals surface area contributed by atoms with E-state index < -0.39 is 11.8 Å². The number of likely N-dealkylation sites (N-methyl/N-ethyl adjacent to an activating group) is 1. The first kappa shape index (κ1) is 21.2. The van der Waals surface area contributed by atoms with Crippen LogP contribution in [0.3, 0.4) is 0 Å². The van der Waals surface area contributed by atoms with Crippen LogP contribution in [0.1, 0.15) is 16.1 Å². The van der Waals surface area contributed by atoms with Crippen molar-refractivity contribution in [2.24, 2.45) is 0 Å². The van der Waals surface area contributed by atoms with Crippen molar-refractivity contribution in [1.82, 2.24) is 10.1 Å². The average molecular weight is 453 g/mol. The van der Waals surface area contributed by atoms with Gasteiger partial charge in [0.15, 0.2) is 0 Å². The maximum Gasteiger partial charge on any atom is 0.259 e. The van der Waals surface area contributed by atoms with Gasteiger partial charge in [-0.25, -0.2) is 0 Å². The highest BCUT2D eigenvalue weighted by molar-refractivity contribution is 6.42. The van der Waals surface area contributed by atoms with E-state index in [-0.39, 0.29) is 12.1 Å². The maximum absolute atomic E-state index is 13.0. The molecule has 150 valence electrons. The molecule has 0 radical (unpaired) electrons. The molecule has 3 aromatic rings. The monoisotopic (exact) mass is 451 g/mol. The summed E-state index contributed by atoms with van der Waals surface area (Å²) in [6.07, 6.45) is 0. The Balaban J connectivity index is 1.77. The Morgan fingerprint density at radius 1 is 1.07 bits per heavy atom. The van der Waals surface area contributed by atoms with Crippen LogP contribution in [0.15, 0.2) is 47.0 Å². The van der Waals surface area contributed by atoms with Crippen molar-refractivity contribution in [2.75, 3.05) is 18.9 Å². The van der Waals surface area contributed by atoms with E-state index in [9.17, 15) is 9.59 Å². The van der Waals surface area contributed by atoms with E-state index in [0.717, 1.165) is 0 Å². The Morgan fingerprint density at radius 2 is 1.79 bits per heavy atom. The molecule has 0 atom stereocenters. The summed E-state index contributed by atoms with van der Waals surface area (Å²) in [4.78, 5) is 26.6. The zero-order valence-corrected chi connectivity index (χ0v) is 17.8. The van der Waals surface area contributed by atoms with Crippen molar-refractivity contribution in [2.45, 2.75) is 6.92 Å². The van der Waals surface area contributed by atoms with Crippen molar-refractivity contribution in [1.29, 1.82) is 0 Å². The van der Waals surface area contributed by atoms with Crippen LogP contribution in [-0.2, 0) is 4.79 Å². The summed E-state index contributed by atoms with van der Waals surface area (Å²) < 4.78 is 5.22. The number of carbonyl (C=O) groups is 2. The van der Waals surface area contributed by atoms with Gasteiger partial charge in [-0.2, -0.15) is 0 Å². The molecule has 1 N–H and O–H groups in total. The van der Waals surface area contributed by atoms with E-state index in [0.29, 0.717) is 37.8 Å². The van der Waals surface area contributed by atoms with Gasteiger partial charge in [0.2, 0.25) is 5.91 Å². The van der Waals surface area contributed by atoms with Gasteiger partial charge in [0, 0.05) is 18.3 Å². The van der Waals surface area contributed by atoms with Gasteiger partial charge >= 0.3 is 0 Å². The summed E-state index contributed by atoms with van der Waals surface area (Å²) in [5, 5.41) is 7.79.